The second kappa shape index (κ2) is 3.66. The molecule has 0 heterocycles. The number of aliphatic hydroxyl groups is 1. The molecule has 1 fully saturated rings. The highest BCUT2D eigenvalue weighted by Crippen LogP contribution is 2.40. The van der Waals surface area contributed by atoms with Crippen LogP contribution in [0.25, 0.3) is 0 Å². The Bertz CT molecular complexity index is 212. The van der Waals surface area contributed by atoms with Crippen LogP contribution in [0.15, 0.2) is 0 Å². The average molecular weight is 215 g/mol. The summed E-state index contributed by atoms with van der Waals surface area (Å²) >= 11 is 0. The van der Waals surface area contributed by atoms with Gasteiger partial charge in [0.05, 0.1) is 5.60 Å². The zero-order chi connectivity index (χ0) is 11.0. The van der Waals surface area contributed by atoms with Gasteiger partial charge in [0.2, 0.25) is 0 Å². The summed E-state index contributed by atoms with van der Waals surface area (Å²) < 4.78 is 48.9. The Morgan fingerprint density at radius 1 is 1.50 bits per heavy atom. The Morgan fingerprint density at radius 3 is 2.43 bits per heavy atom. The van der Waals surface area contributed by atoms with Gasteiger partial charge in [0.15, 0.2) is 0 Å². The van der Waals surface area contributed by atoms with E-state index >= 15 is 0 Å². The van der Waals surface area contributed by atoms with Gasteiger partial charge < -0.3 is 10.8 Å². The predicted octanol–water partition coefficient (Wildman–Crippen LogP) is 1.52. The third-order valence-corrected chi connectivity index (χ3v) is 2.51. The molecule has 2 nitrogen and oxygen atoms in total. The van der Waals surface area contributed by atoms with Gasteiger partial charge in [-0.1, -0.05) is 0 Å². The first-order valence-corrected chi connectivity index (χ1v) is 4.39. The van der Waals surface area contributed by atoms with Gasteiger partial charge >= 0.3 is 12.3 Å². The lowest BCUT2D eigenvalue weighted by Crippen LogP contribution is -2.39. The molecule has 1 saturated carbocycles. The van der Waals surface area contributed by atoms with Crippen LogP contribution in [0.2, 0.25) is 0 Å². The van der Waals surface area contributed by atoms with Crippen molar-refractivity contribution in [3.05, 3.63) is 0 Å². The smallest absolute Gasteiger partial charge is 0.310 e. The van der Waals surface area contributed by atoms with Gasteiger partial charge in [0.25, 0.3) is 0 Å². The molecule has 0 bridgehead atoms. The summed E-state index contributed by atoms with van der Waals surface area (Å²) in [6, 6.07) is -0.367. The van der Waals surface area contributed by atoms with E-state index in [0.717, 1.165) is 0 Å². The lowest BCUT2D eigenvalue weighted by atomic mass is 9.94. The molecule has 84 valence electrons. The molecule has 0 aromatic heterocycles. The number of rotatable bonds is 3. The molecule has 0 amide bonds. The standard InChI is InChI=1S/C8H13F4NO/c9-6(10)8(11,12)4-7(14)2-1-5(13)3-7/h5-6,14H,1-4,13H2. The highest BCUT2D eigenvalue weighted by atomic mass is 19.3. The third-order valence-electron chi connectivity index (χ3n) is 2.51. The Morgan fingerprint density at radius 2 is 2.07 bits per heavy atom. The van der Waals surface area contributed by atoms with Gasteiger partial charge in [-0.3, -0.25) is 0 Å². The highest BCUT2D eigenvalue weighted by molar-refractivity contribution is 4.95. The first kappa shape index (κ1) is 11.7. The van der Waals surface area contributed by atoms with Crippen LogP contribution in [0.1, 0.15) is 25.7 Å². The van der Waals surface area contributed by atoms with E-state index in [4.69, 9.17) is 5.73 Å². The van der Waals surface area contributed by atoms with Crippen molar-refractivity contribution in [2.75, 3.05) is 0 Å². The van der Waals surface area contributed by atoms with Crippen LogP contribution in [0.3, 0.4) is 0 Å². The molecule has 2 atom stereocenters. The minimum absolute atomic E-state index is 0.0324. The number of alkyl halides is 4. The molecule has 0 aromatic carbocycles. The van der Waals surface area contributed by atoms with Crippen molar-refractivity contribution in [3.63, 3.8) is 0 Å². The maximum Gasteiger partial charge on any atom is 0.310 e. The quantitative estimate of drug-likeness (QED) is 0.701. The van der Waals surface area contributed by atoms with Crippen molar-refractivity contribution < 1.29 is 22.7 Å². The number of nitrogens with two attached hydrogens (primary N) is 1. The monoisotopic (exact) mass is 215 g/mol. The van der Waals surface area contributed by atoms with Gasteiger partial charge in [-0.15, -0.1) is 0 Å². The molecule has 0 aromatic rings. The van der Waals surface area contributed by atoms with Crippen molar-refractivity contribution >= 4 is 0 Å². The van der Waals surface area contributed by atoms with Crippen LogP contribution in [0.5, 0.6) is 0 Å². The van der Waals surface area contributed by atoms with Gasteiger partial charge in [0.1, 0.15) is 0 Å². The van der Waals surface area contributed by atoms with E-state index in [9.17, 15) is 22.7 Å². The van der Waals surface area contributed by atoms with E-state index < -0.39 is 24.4 Å². The van der Waals surface area contributed by atoms with Crippen molar-refractivity contribution in [1.82, 2.24) is 0 Å². The van der Waals surface area contributed by atoms with E-state index in [1.165, 1.54) is 0 Å². The van der Waals surface area contributed by atoms with Crippen LogP contribution < -0.4 is 5.73 Å². The lowest BCUT2D eigenvalue weighted by molar-refractivity contribution is -0.167. The second-order valence-electron chi connectivity index (χ2n) is 3.97. The summed E-state index contributed by atoms with van der Waals surface area (Å²) in [4.78, 5) is 0. The Hall–Kier alpha value is -0.360. The number of hydrogen-bond donors (Lipinski definition) is 2. The largest absolute Gasteiger partial charge is 0.390 e. The van der Waals surface area contributed by atoms with E-state index in [2.05, 4.69) is 0 Å². The molecule has 0 spiro atoms. The fourth-order valence-corrected chi connectivity index (χ4v) is 1.82. The summed E-state index contributed by atoms with van der Waals surface area (Å²) in [7, 11) is 0. The first-order valence-electron chi connectivity index (χ1n) is 4.39. The lowest BCUT2D eigenvalue weighted by Gasteiger charge is -2.27. The maximum atomic E-state index is 12.6. The SMILES string of the molecule is NC1CCC(O)(CC(F)(F)C(F)F)C1. The van der Waals surface area contributed by atoms with Crippen molar-refractivity contribution in [2.24, 2.45) is 5.73 Å². The molecule has 1 aliphatic rings. The minimum atomic E-state index is -4.13. The molecular weight excluding hydrogens is 202 g/mol. The van der Waals surface area contributed by atoms with Crippen LogP contribution in [0.4, 0.5) is 17.6 Å². The molecule has 0 aliphatic heterocycles. The zero-order valence-electron chi connectivity index (χ0n) is 7.52. The maximum absolute atomic E-state index is 12.6. The summed E-state index contributed by atoms with van der Waals surface area (Å²) in [6.07, 6.45) is -4.50. The summed E-state index contributed by atoms with van der Waals surface area (Å²) in [5, 5.41) is 9.55. The Balaban J connectivity index is 2.59. The molecule has 1 aliphatic carbocycles. The van der Waals surface area contributed by atoms with Crippen LogP contribution in [0, 0.1) is 0 Å². The predicted molar refractivity (Wildman–Crippen MR) is 42.3 cm³/mol. The average Bonchev–Trinajstić information content (AvgIpc) is 2.29. The van der Waals surface area contributed by atoms with E-state index in [0.29, 0.717) is 6.42 Å². The normalized spacial score (nSPS) is 34.1. The van der Waals surface area contributed by atoms with Crippen LogP contribution in [-0.4, -0.2) is 29.1 Å². The second-order valence-corrected chi connectivity index (χ2v) is 3.97. The van der Waals surface area contributed by atoms with E-state index in [-0.39, 0.29) is 18.9 Å². The molecule has 14 heavy (non-hydrogen) atoms. The fourth-order valence-electron chi connectivity index (χ4n) is 1.82. The molecule has 6 heteroatoms. The van der Waals surface area contributed by atoms with Crippen LogP contribution >= 0.6 is 0 Å². The molecule has 0 radical (unpaired) electrons. The van der Waals surface area contributed by atoms with Gasteiger partial charge in [-0.2, -0.15) is 0 Å². The Labute approximate surface area is 79.1 Å². The molecule has 2 unspecified atom stereocenters. The fraction of sp³-hybridized carbons (Fsp3) is 1.00. The van der Waals surface area contributed by atoms with E-state index in [1.54, 1.807) is 0 Å². The van der Waals surface area contributed by atoms with Gasteiger partial charge in [-0.25, -0.2) is 17.6 Å². The minimum Gasteiger partial charge on any atom is -0.390 e. The first-order chi connectivity index (χ1) is 6.25. The summed E-state index contributed by atoms with van der Waals surface area (Å²) in [5.41, 5.74) is 3.69. The van der Waals surface area contributed by atoms with Gasteiger partial charge in [-0.05, 0) is 19.3 Å². The zero-order valence-corrected chi connectivity index (χ0v) is 7.52. The molecule has 0 saturated heterocycles. The van der Waals surface area contributed by atoms with E-state index in [1.807, 2.05) is 0 Å². The topological polar surface area (TPSA) is 46.2 Å². The van der Waals surface area contributed by atoms with Gasteiger partial charge in [0, 0.05) is 12.5 Å². The molecule has 3 N–H and O–H groups in total. The molecular formula is C8H13F4NO. The summed E-state index contributed by atoms with van der Waals surface area (Å²) in [5.74, 6) is -4.13. The Kier molecular flexibility index (Phi) is 3.06. The van der Waals surface area contributed by atoms with Crippen LogP contribution in [-0.2, 0) is 0 Å². The summed E-state index contributed by atoms with van der Waals surface area (Å²) in [6.45, 7) is 0. The number of hydrogen-bond acceptors (Lipinski definition) is 2. The molecule has 1 rings (SSSR count). The third kappa shape index (κ3) is 2.57. The number of halogens is 4. The van der Waals surface area contributed by atoms with Crippen molar-refractivity contribution in [2.45, 2.75) is 49.7 Å². The van der Waals surface area contributed by atoms with Crippen molar-refractivity contribution in [1.29, 1.82) is 0 Å². The van der Waals surface area contributed by atoms with Crippen molar-refractivity contribution in [3.8, 4) is 0 Å². The highest BCUT2D eigenvalue weighted by Gasteiger charge is 2.49.